The summed E-state index contributed by atoms with van der Waals surface area (Å²) < 4.78 is 4.46. The van der Waals surface area contributed by atoms with Crippen molar-refractivity contribution in [3.8, 4) is 0 Å². The summed E-state index contributed by atoms with van der Waals surface area (Å²) in [6, 6.07) is 5.37. The Morgan fingerprint density at radius 3 is 2.74 bits per heavy atom. The Hall–Kier alpha value is -1.26. The van der Waals surface area contributed by atoms with Crippen molar-refractivity contribution in [2.45, 2.75) is 12.3 Å². The van der Waals surface area contributed by atoms with Crippen molar-refractivity contribution in [2.24, 2.45) is 5.92 Å². The summed E-state index contributed by atoms with van der Waals surface area (Å²) in [7, 11) is 1.28. The summed E-state index contributed by atoms with van der Waals surface area (Å²) in [6.45, 7) is -0.0973. The molecule has 1 saturated carbocycles. The highest BCUT2D eigenvalue weighted by atomic mass is 35.5. The molecule has 0 aromatic heterocycles. The zero-order valence-electron chi connectivity index (χ0n) is 10.3. The van der Waals surface area contributed by atoms with Crippen molar-refractivity contribution in [1.29, 1.82) is 0 Å². The van der Waals surface area contributed by atoms with E-state index in [9.17, 15) is 9.59 Å². The van der Waals surface area contributed by atoms with Crippen LogP contribution in [-0.4, -0.2) is 25.5 Å². The molecule has 1 amide bonds. The van der Waals surface area contributed by atoms with Crippen LogP contribution in [0.1, 0.15) is 17.9 Å². The molecular formula is C13H13Cl2NO3. The number of amides is 1. The number of esters is 1. The van der Waals surface area contributed by atoms with Crippen LogP contribution in [0, 0.1) is 5.92 Å². The fraction of sp³-hybridized carbons (Fsp3) is 0.385. The van der Waals surface area contributed by atoms with Crippen molar-refractivity contribution >= 4 is 35.1 Å². The summed E-state index contributed by atoms with van der Waals surface area (Å²) in [5, 5.41) is 3.53. The highest BCUT2D eigenvalue weighted by molar-refractivity contribution is 6.42. The van der Waals surface area contributed by atoms with Gasteiger partial charge in [0.25, 0.3) is 0 Å². The number of hydrogen-bond acceptors (Lipinski definition) is 3. The van der Waals surface area contributed by atoms with Gasteiger partial charge in [-0.25, -0.2) is 0 Å². The first kappa shape index (κ1) is 14.2. The summed E-state index contributed by atoms with van der Waals surface area (Å²) in [5.74, 6) is -0.559. The number of hydrogen-bond donors (Lipinski definition) is 1. The first-order chi connectivity index (χ1) is 9.02. The summed E-state index contributed by atoms with van der Waals surface area (Å²) in [6.07, 6.45) is 0.755. The molecule has 2 atom stereocenters. The lowest BCUT2D eigenvalue weighted by molar-refractivity contribution is -0.141. The fourth-order valence-corrected chi connectivity index (χ4v) is 2.27. The maximum atomic E-state index is 11.8. The number of carbonyl (C=O) groups excluding carboxylic acids is 2. The van der Waals surface area contributed by atoms with Crippen molar-refractivity contribution in [3.63, 3.8) is 0 Å². The van der Waals surface area contributed by atoms with Gasteiger partial charge < -0.3 is 10.1 Å². The Balaban J connectivity index is 1.91. The summed E-state index contributed by atoms with van der Waals surface area (Å²) in [5.41, 5.74) is 0.993. The van der Waals surface area contributed by atoms with Gasteiger partial charge in [0.1, 0.15) is 6.54 Å². The molecule has 0 spiro atoms. The number of benzene rings is 1. The average Bonchev–Trinajstić information content (AvgIpc) is 3.19. The van der Waals surface area contributed by atoms with E-state index in [-0.39, 0.29) is 24.3 Å². The number of methoxy groups -OCH3 is 1. The fourth-order valence-electron chi connectivity index (χ4n) is 1.96. The van der Waals surface area contributed by atoms with Crippen molar-refractivity contribution in [1.82, 2.24) is 5.32 Å². The number of carbonyl (C=O) groups is 2. The molecule has 1 fully saturated rings. The maximum absolute atomic E-state index is 11.8. The van der Waals surface area contributed by atoms with Gasteiger partial charge in [-0.2, -0.15) is 0 Å². The van der Waals surface area contributed by atoms with Gasteiger partial charge in [-0.05, 0) is 30.0 Å². The van der Waals surface area contributed by atoms with Crippen LogP contribution in [-0.2, 0) is 14.3 Å². The van der Waals surface area contributed by atoms with Gasteiger partial charge in [-0.1, -0.05) is 29.3 Å². The molecule has 0 unspecified atom stereocenters. The molecule has 19 heavy (non-hydrogen) atoms. The van der Waals surface area contributed by atoms with Gasteiger partial charge in [0.15, 0.2) is 0 Å². The van der Waals surface area contributed by atoms with E-state index in [1.165, 1.54) is 7.11 Å². The van der Waals surface area contributed by atoms with Crippen LogP contribution < -0.4 is 5.32 Å². The second kappa shape index (κ2) is 5.80. The first-order valence-electron chi connectivity index (χ1n) is 5.82. The van der Waals surface area contributed by atoms with Crippen molar-refractivity contribution in [3.05, 3.63) is 33.8 Å². The third-order valence-corrected chi connectivity index (χ3v) is 3.87. The van der Waals surface area contributed by atoms with Crippen molar-refractivity contribution in [2.75, 3.05) is 13.7 Å². The van der Waals surface area contributed by atoms with E-state index in [0.29, 0.717) is 10.0 Å². The smallest absolute Gasteiger partial charge is 0.325 e. The molecule has 0 heterocycles. The first-order valence-corrected chi connectivity index (χ1v) is 6.58. The Morgan fingerprint density at radius 2 is 2.11 bits per heavy atom. The Bertz CT molecular complexity index is 519. The minimum absolute atomic E-state index is 0.0973. The van der Waals surface area contributed by atoms with Crippen LogP contribution in [0.2, 0.25) is 10.0 Å². The normalized spacial score (nSPS) is 20.8. The minimum Gasteiger partial charge on any atom is -0.468 e. The van der Waals surface area contributed by atoms with Crippen LogP contribution >= 0.6 is 23.2 Å². The number of nitrogens with one attached hydrogen (secondary N) is 1. The second-order valence-corrected chi connectivity index (χ2v) is 5.23. The van der Waals surface area contributed by atoms with Crippen LogP contribution in [0.25, 0.3) is 0 Å². The third kappa shape index (κ3) is 3.39. The molecule has 1 N–H and O–H groups in total. The lowest BCUT2D eigenvalue weighted by Crippen LogP contribution is -2.31. The highest BCUT2D eigenvalue weighted by Gasteiger charge is 2.44. The van der Waals surface area contributed by atoms with E-state index in [1.54, 1.807) is 12.1 Å². The molecule has 2 rings (SSSR count). The predicted octanol–water partition coefficient (Wildman–Crippen LogP) is 2.39. The zero-order chi connectivity index (χ0) is 14.0. The molecule has 0 radical (unpaired) electrons. The second-order valence-electron chi connectivity index (χ2n) is 4.42. The van der Waals surface area contributed by atoms with E-state index in [2.05, 4.69) is 10.1 Å². The van der Waals surface area contributed by atoms with Gasteiger partial charge in [-0.3, -0.25) is 9.59 Å². The molecule has 0 saturated heterocycles. The largest absolute Gasteiger partial charge is 0.468 e. The van der Waals surface area contributed by atoms with Gasteiger partial charge in [0, 0.05) is 5.92 Å². The molecule has 1 aliphatic carbocycles. The maximum Gasteiger partial charge on any atom is 0.325 e. The number of rotatable bonds is 4. The van der Waals surface area contributed by atoms with Crippen molar-refractivity contribution < 1.29 is 14.3 Å². The molecule has 1 aromatic rings. The standard InChI is InChI=1S/C13H13Cl2NO3/c1-19-12(17)6-16-13(18)9-5-8(9)7-2-3-10(14)11(15)4-7/h2-4,8-9H,5-6H2,1H3,(H,16,18)/t8-,9+/m1/s1. The van der Waals surface area contributed by atoms with E-state index in [1.807, 2.05) is 6.07 Å². The number of halogens is 2. The molecule has 102 valence electrons. The molecule has 4 nitrogen and oxygen atoms in total. The van der Waals surface area contributed by atoms with Gasteiger partial charge in [-0.15, -0.1) is 0 Å². The molecule has 6 heteroatoms. The van der Waals surface area contributed by atoms with Crippen LogP contribution in [0.3, 0.4) is 0 Å². The van der Waals surface area contributed by atoms with Gasteiger partial charge in [0.2, 0.25) is 5.91 Å². The monoisotopic (exact) mass is 301 g/mol. The van der Waals surface area contributed by atoms with E-state index in [0.717, 1.165) is 12.0 Å². The predicted molar refractivity (Wildman–Crippen MR) is 72.3 cm³/mol. The highest BCUT2D eigenvalue weighted by Crippen LogP contribution is 2.48. The Kier molecular flexibility index (Phi) is 4.32. The quantitative estimate of drug-likeness (QED) is 0.869. The van der Waals surface area contributed by atoms with Crippen LogP contribution in [0.5, 0.6) is 0 Å². The topological polar surface area (TPSA) is 55.4 Å². The van der Waals surface area contributed by atoms with Crippen LogP contribution in [0.4, 0.5) is 0 Å². The molecular weight excluding hydrogens is 289 g/mol. The third-order valence-electron chi connectivity index (χ3n) is 3.13. The zero-order valence-corrected chi connectivity index (χ0v) is 11.8. The average molecular weight is 302 g/mol. The van der Waals surface area contributed by atoms with E-state index < -0.39 is 5.97 Å². The minimum atomic E-state index is -0.458. The SMILES string of the molecule is COC(=O)CNC(=O)[C@H]1C[C@@H]1c1ccc(Cl)c(Cl)c1. The van der Waals surface area contributed by atoms with Gasteiger partial charge in [0.05, 0.1) is 17.2 Å². The molecule has 0 aliphatic heterocycles. The Labute approximate surface area is 121 Å². The van der Waals surface area contributed by atoms with Gasteiger partial charge >= 0.3 is 5.97 Å². The van der Waals surface area contributed by atoms with E-state index in [4.69, 9.17) is 23.2 Å². The van der Waals surface area contributed by atoms with E-state index >= 15 is 0 Å². The molecule has 1 aromatic carbocycles. The number of ether oxygens (including phenoxy) is 1. The lowest BCUT2D eigenvalue weighted by atomic mass is 10.1. The molecule has 1 aliphatic rings. The molecule has 0 bridgehead atoms. The summed E-state index contributed by atoms with van der Waals surface area (Å²) >= 11 is 11.8. The summed E-state index contributed by atoms with van der Waals surface area (Å²) in [4.78, 5) is 22.7. The lowest BCUT2D eigenvalue weighted by Gasteiger charge is -2.04. The Morgan fingerprint density at radius 1 is 1.37 bits per heavy atom. The van der Waals surface area contributed by atoms with Crippen LogP contribution in [0.15, 0.2) is 18.2 Å².